The van der Waals surface area contributed by atoms with Crippen LogP contribution in [0.5, 0.6) is 17.4 Å². The maximum atomic E-state index is 12.5. The average molecular weight is 408 g/mol. The van der Waals surface area contributed by atoms with E-state index in [1.807, 2.05) is 82.4 Å². The molecule has 0 spiro atoms. The molecule has 0 saturated heterocycles. The van der Waals surface area contributed by atoms with Crippen molar-refractivity contribution in [2.75, 3.05) is 14.2 Å². The lowest BCUT2D eigenvalue weighted by atomic mass is 10.1. The summed E-state index contributed by atoms with van der Waals surface area (Å²) in [7, 11) is 3.47. The Labute approximate surface area is 178 Å². The summed E-state index contributed by atoms with van der Waals surface area (Å²) >= 11 is 0. The third-order valence-electron chi connectivity index (χ3n) is 5.17. The van der Waals surface area contributed by atoms with Crippen molar-refractivity contribution in [3.8, 4) is 23.1 Å². The number of carbonyl (C=O) groups excluding carboxylic acids is 1. The number of hydrogen-bond donors (Lipinski definition) is 0. The lowest BCUT2D eigenvalue weighted by molar-refractivity contribution is -0.131. The fourth-order valence-electron chi connectivity index (χ4n) is 3.13. The van der Waals surface area contributed by atoms with Crippen molar-refractivity contribution in [1.82, 2.24) is 14.7 Å². The maximum absolute atomic E-state index is 12.5. The van der Waals surface area contributed by atoms with Crippen LogP contribution in [0, 0.1) is 6.92 Å². The summed E-state index contributed by atoms with van der Waals surface area (Å²) in [5.41, 5.74) is 2.64. The van der Waals surface area contributed by atoms with E-state index in [2.05, 4.69) is 0 Å². The zero-order chi connectivity index (χ0) is 21.7. The van der Waals surface area contributed by atoms with E-state index in [0.717, 1.165) is 28.4 Å². The van der Waals surface area contributed by atoms with Gasteiger partial charge in [-0.1, -0.05) is 18.2 Å². The number of aromatic nitrogens is 2. The van der Waals surface area contributed by atoms with Gasteiger partial charge < -0.3 is 14.4 Å². The van der Waals surface area contributed by atoms with Gasteiger partial charge in [-0.2, -0.15) is 5.10 Å². The first-order chi connectivity index (χ1) is 14.4. The second-order valence-electron chi connectivity index (χ2n) is 7.49. The molecule has 0 N–H and O–H groups in total. The fraction of sp³-hybridized carbons (Fsp3) is 0.333. The van der Waals surface area contributed by atoms with Crippen molar-refractivity contribution >= 4 is 5.91 Å². The molecule has 0 bridgehead atoms. The smallest absolute Gasteiger partial charge is 0.226 e. The van der Waals surface area contributed by atoms with Crippen LogP contribution in [-0.4, -0.2) is 40.8 Å². The van der Waals surface area contributed by atoms with Gasteiger partial charge in [0, 0.05) is 25.1 Å². The molecular formula is C24H29N3O3. The van der Waals surface area contributed by atoms with E-state index in [-0.39, 0.29) is 11.9 Å². The number of benzene rings is 2. The molecule has 0 saturated carbocycles. The van der Waals surface area contributed by atoms with Crippen molar-refractivity contribution in [2.45, 2.75) is 39.7 Å². The molecule has 0 fully saturated rings. The summed E-state index contributed by atoms with van der Waals surface area (Å²) in [4.78, 5) is 14.3. The summed E-state index contributed by atoms with van der Waals surface area (Å²) in [6.07, 6.45) is 0.953. The molecule has 3 rings (SSSR count). The molecular weight excluding hydrogens is 378 g/mol. The topological polar surface area (TPSA) is 56.6 Å². The Morgan fingerprint density at radius 3 is 2.33 bits per heavy atom. The van der Waals surface area contributed by atoms with E-state index < -0.39 is 0 Å². The van der Waals surface area contributed by atoms with Crippen molar-refractivity contribution < 1.29 is 14.3 Å². The molecule has 158 valence electrons. The lowest BCUT2D eigenvalue weighted by Gasteiger charge is -2.21. The molecule has 30 heavy (non-hydrogen) atoms. The molecule has 1 amide bonds. The number of nitrogens with zero attached hydrogens (tertiary/aromatic N) is 3. The molecule has 3 aromatic rings. The van der Waals surface area contributed by atoms with Crippen LogP contribution in [0.1, 0.15) is 31.5 Å². The first kappa shape index (κ1) is 21.4. The Bertz CT molecular complexity index is 979. The van der Waals surface area contributed by atoms with E-state index in [4.69, 9.17) is 14.6 Å². The number of methoxy groups -OCH3 is 1. The van der Waals surface area contributed by atoms with Crippen LogP contribution in [-0.2, 0) is 11.2 Å². The largest absolute Gasteiger partial charge is 0.497 e. The van der Waals surface area contributed by atoms with Crippen molar-refractivity contribution in [3.63, 3.8) is 0 Å². The Balaban J connectivity index is 1.96. The number of carbonyl (C=O) groups is 1. The van der Waals surface area contributed by atoms with Gasteiger partial charge in [-0.15, -0.1) is 0 Å². The molecule has 0 aliphatic carbocycles. The molecule has 1 heterocycles. The van der Waals surface area contributed by atoms with Crippen LogP contribution in [0.4, 0.5) is 0 Å². The minimum atomic E-state index is 0.104. The number of aryl methyl sites for hydroxylation is 1. The van der Waals surface area contributed by atoms with Gasteiger partial charge in [0.05, 0.1) is 18.5 Å². The molecule has 6 nitrogen and oxygen atoms in total. The summed E-state index contributed by atoms with van der Waals surface area (Å²) in [6.45, 7) is 5.97. The third-order valence-corrected chi connectivity index (χ3v) is 5.17. The quantitative estimate of drug-likeness (QED) is 0.539. The van der Waals surface area contributed by atoms with E-state index in [9.17, 15) is 4.79 Å². The van der Waals surface area contributed by atoms with Crippen molar-refractivity contribution in [3.05, 3.63) is 65.9 Å². The molecule has 0 unspecified atom stereocenters. The van der Waals surface area contributed by atoms with Gasteiger partial charge in [0.2, 0.25) is 11.8 Å². The van der Waals surface area contributed by atoms with Gasteiger partial charge in [-0.25, -0.2) is 4.68 Å². The second kappa shape index (κ2) is 9.48. The van der Waals surface area contributed by atoms with E-state index >= 15 is 0 Å². The van der Waals surface area contributed by atoms with Gasteiger partial charge in [-0.05, 0) is 63.6 Å². The molecule has 6 heteroatoms. The van der Waals surface area contributed by atoms with Gasteiger partial charge >= 0.3 is 0 Å². The highest BCUT2D eigenvalue weighted by Gasteiger charge is 2.21. The Hall–Kier alpha value is -3.28. The number of hydrogen-bond acceptors (Lipinski definition) is 4. The Morgan fingerprint density at radius 2 is 1.73 bits per heavy atom. The van der Waals surface area contributed by atoms with Gasteiger partial charge in [0.1, 0.15) is 11.5 Å². The van der Waals surface area contributed by atoms with E-state index in [1.54, 1.807) is 16.7 Å². The SMILES string of the molecule is COc1ccc(-n2nc(C)c(CCC(=O)N(C)C(C)C)c2Oc2ccccc2)cc1. The Morgan fingerprint density at radius 1 is 1.07 bits per heavy atom. The van der Waals surface area contributed by atoms with Gasteiger partial charge in [0.25, 0.3) is 0 Å². The highest BCUT2D eigenvalue weighted by atomic mass is 16.5. The molecule has 0 atom stereocenters. The number of para-hydroxylation sites is 1. The van der Waals surface area contributed by atoms with Crippen LogP contribution >= 0.6 is 0 Å². The molecule has 2 aromatic carbocycles. The number of amides is 1. The van der Waals surface area contributed by atoms with Gasteiger partial charge in [0.15, 0.2) is 0 Å². The molecule has 0 aliphatic heterocycles. The average Bonchev–Trinajstić information content (AvgIpc) is 3.07. The highest BCUT2D eigenvalue weighted by Crippen LogP contribution is 2.32. The maximum Gasteiger partial charge on any atom is 0.226 e. The highest BCUT2D eigenvalue weighted by molar-refractivity contribution is 5.76. The van der Waals surface area contributed by atoms with Crippen LogP contribution in [0.25, 0.3) is 5.69 Å². The van der Waals surface area contributed by atoms with Gasteiger partial charge in [-0.3, -0.25) is 4.79 Å². The zero-order valence-electron chi connectivity index (χ0n) is 18.3. The predicted molar refractivity (Wildman–Crippen MR) is 118 cm³/mol. The summed E-state index contributed by atoms with van der Waals surface area (Å²) in [5.74, 6) is 2.23. The van der Waals surface area contributed by atoms with Crippen LogP contribution < -0.4 is 9.47 Å². The minimum Gasteiger partial charge on any atom is -0.497 e. The second-order valence-corrected chi connectivity index (χ2v) is 7.49. The van der Waals surface area contributed by atoms with E-state index in [0.29, 0.717) is 18.7 Å². The summed E-state index contributed by atoms with van der Waals surface area (Å²) in [5, 5.41) is 4.72. The predicted octanol–water partition coefficient (Wildman–Crippen LogP) is 4.78. The van der Waals surface area contributed by atoms with Crippen molar-refractivity contribution in [2.24, 2.45) is 0 Å². The molecule has 0 radical (unpaired) electrons. The fourth-order valence-corrected chi connectivity index (χ4v) is 3.13. The number of rotatable bonds is 8. The monoisotopic (exact) mass is 407 g/mol. The molecule has 1 aromatic heterocycles. The standard InChI is InChI=1S/C24H29N3O3/c1-17(2)26(4)23(28)16-15-22-18(3)25-27(19-11-13-20(29-5)14-12-19)24(22)30-21-9-7-6-8-10-21/h6-14,17H,15-16H2,1-5H3. The number of ether oxygens (including phenoxy) is 2. The normalized spacial score (nSPS) is 10.9. The molecule has 0 aliphatic rings. The Kier molecular flexibility index (Phi) is 6.77. The summed E-state index contributed by atoms with van der Waals surface area (Å²) in [6, 6.07) is 17.4. The van der Waals surface area contributed by atoms with Crippen LogP contribution in [0.2, 0.25) is 0 Å². The summed E-state index contributed by atoms with van der Waals surface area (Å²) < 4.78 is 13.3. The lowest BCUT2D eigenvalue weighted by Crippen LogP contribution is -2.33. The zero-order valence-corrected chi connectivity index (χ0v) is 18.3. The van der Waals surface area contributed by atoms with Crippen molar-refractivity contribution in [1.29, 1.82) is 0 Å². The van der Waals surface area contributed by atoms with Crippen LogP contribution in [0.3, 0.4) is 0 Å². The van der Waals surface area contributed by atoms with E-state index in [1.165, 1.54) is 0 Å². The first-order valence-electron chi connectivity index (χ1n) is 10.1. The third kappa shape index (κ3) is 4.82. The first-order valence-corrected chi connectivity index (χ1v) is 10.1. The van der Waals surface area contributed by atoms with Crippen LogP contribution in [0.15, 0.2) is 54.6 Å². The minimum absolute atomic E-state index is 0.104.